The van der Waals surface area contributed by atoms with E-state index in [0.29, 0.717) is 5.92 Å². The van der Waals surface area contributed by atoms with Crippen molar-refractivity contribution in [3.63, 3.8) is 0 Å². The second kappa shape index (κ2) is 3.82. The van der Waals surface area contributed by atoms with E-state index in [9.17, 15) is 4.79 Å². The van der Waals surface area contributed by atoms with E-state index in [2.05, 4.69) is 6.08 Å². The Morgan fingerprint density at radius 2 is 2.36 bits per heavy atom. The molecule has 1 unspecified atom stereocenters. The monoisotopic (exact) mass is 190 g/mol. The van der Waals surface area contributed by atoms with Crippen molar-refractivity contribution >= 4 is 5.78 Å². The van der Waals surface area contributed by atoms with Crippen molar-refractivity contribution in [2.45, 2.75) is 19.8 Å². The van der Waals surface area contributed by atoms with Crippen LogP contribution >= 0.6 is 0 Å². The molecule has 1 heterocycles. The van der Waals surface area contributed by atoms with Gasteiger partial charge < -0.3 is 4.74 Å². The maximum Gasteiger partial charge on any atom is 0.159 e. The van der Waals surface area contributed by atoms with Gasteiger partial charge in [0.25, 0.3) is 0 Å². The minimum Gasteiger partial charge on any atom is -0.498 e. The molecule has 1 aliphatic heterocycles. The van der Waals surface area contributed by atoms with Crippen molar-refractivity contribution in [3.05, 3.63) is 35.6 Å². The van der Waals surface area contributed by atoms with Gasteiger partial charge in [-0.25, -0.2) is 0 Å². The Hall–Kier alpha value is -1.31. The van der Waals surface area contributed by atoms with Crippen LogP contribution < -0.4 is 0 Å². The van der Waals surface area contributed by atoms with Crippen LogP contribution in [0.4, 0.5) is 0 Å². The maximum absolute atomic E-state index is 11.2. The van der Waals surface area contributed by atoms with Gasteiger partial charge in [0, 0.05) is 11.5 Å². The first-order valence-electron chi connectivity index (χ1n) is 4.99. The molecule has 1 aliphatic carbocycles. The lowest BCUT2D eigenvalue weighted by Gasteiger charge is -2.08. The fraction of sp³-hybridized carbons (Fsp3) is 0.417. The lowest BCUT2D eigenvalue weighted by Crippen LogP contribution is -1.99. The van der Waals surface area contributed by atoms with Crippen LogP contribution in [-0.2, 0) is 9.53 Å². The summed E-state index contributed by atoms with van der Waals surface area (Å²) < 4.78 is 5.49. The van der Waals surface area contributed by atoms with Gasteiger partial charge in [-0.3, -0.25) is 4.79 Å². The number of rotatable bonds is 1. The molecule has 0 aromatic carbocycles. The van der Waals surface area contributed by atoms with Crippen LogP contribution in [0.1, 0.15) is 19.8 Å². The molecule has 14 heavy (non-hydrogen) atoms. The Labute approximate surface area is 83.9 Å². The van der Waals surface area contributed by atoms with E-state index in [4.69, 9.17) is 4.74 Å². The molecule has 0 saturated carbocycles. The Morgan fingerprint density at radius 3 is 3.14 bits per heavy atom. The third-order valence-corrected chi connectivity index (χ3v) is 2.69. The quantitative estimate of drug-likeness (QED) is 0.634. The zero-order valence-electron chi connectivity index (χ0n) is 8.32. The van der Waals surface area contributed by atoms with Crippen molar-refractivity contribution in [2.75, 3.05) is 6.61 Å². The van der Waals surface area contributed by atoms with E-state index in [-0.39, 0.29) is 5.78 Å². The zero-order valence-corrected chi connectivity index (χ0v) is 8.32. The molecule has 2 heteroatoms. The number of carbonyl (C=O) groups excluding carboxylic acids is 1. The van der Waals surface area contributed by atoms with Crippen molar-refractivity contribution in [1.29, 1.82) is 0 Å². The fourth-order valence-corrected chi connectivity index (χ4v) is 1.82. The van der Waals surface area contributed by atoms with Crippen molar-refractivity contribution < 1.29 is 9.53 Å². The van der Waals surface area contributed by atoms with E-state index >= 15 is 0 Å². The Balaban J connectivity index is 2.27. The highest BCUT2D eigenvalue weighted by molar-refractivity contribution is 5.96. The van der Waals surface area contributed by atoms with Gasteiger partial charge in [-0.15, -0.1) is 0 Å². The van der Waals surface area contributed by atoms with E-state index in [0.717, 1.165) is 30.8 Å². The second-order valence-electron chi connectivity index (χ2n) is 3.72. The number of ketones is 1. The normalized spacial score (nSPS) is 35.1. The van der Waals surface area contributed by atoms with Gasteiger partial charge in [-0.05, 0) is 31.9 Å². The predicted octanol–water partition coefficient (Wildman–Crippen LogP) is 2.38. The largest absolute Gasteiger partial charge is 0.498 e. The van der Waals surface area contributed by atoms with Crippen LogP contribution in [0.25, 0.3) is 0 Å². The molecular weight excluding hydrogens is 176 g/mol. The third-order valence-electron chi connectivity index (χ3n) is 2.69. The number of hydrogen-bond donors (Lipinski definition) is 0. The summed E-state index contributed by atoms with van der Waals surface area (Å²) in [5.74, 6) is 1.67. The fourth-order valence-electron chi connectivity index (χ4n) is 1.82. The third kappa shape index (κ3) is 1.79. The minimum absolute atomic E-state index is 0.106. The molecule has 0 bridgehead atoms. The van der Waals surface area contributed by atoms with Crippen LogP contribution in [0.15, 0.2) is 35.6 Å². The molecule has 0 aromatic heterocycles. The highest BCUT2D eigenvalue weighted by Crippen LogP contribution is 2.29. The molecular formula is C12H14O2. The van der Waals surface area contributed by atoms with Gasteiger partial charge in [0.05, 0.1) is 12.4 Å². The van der Waals surface area contributed by atoms with Crippen LogP contribution in [0.5, 0.6) is 0 Å². The molecule has 1 fully saturated rings. The van der Waals surface area contributed by atoms with E-state index in [1.54, 1.807) is 6.92 Å². The Kier molecular flexibility index (Phi) is 2.53. The first-order chi connectivity index (χ1) is 6.77. The average molecular weight is 190 g/mol. The highest BCUT2D eigenvalue weighted by Gasteiger charge is 2.21. The summed E-state index contributed by atoms with van der Waals surface area (Å²) in [7, 11) is 0. The van der Waals surface area contributed by atoms with E-state index in [1.807, 2.05) is 18.2 Å². The first kappa shape index (κ1) is 9.25. The number of allylic oxidation sites excluding steroid dienone is 6. The molecule has 0 aromatic rings. The summed E-state index contributed by atoms with van der Waals surface area (Å²) in [5, 5.41) is 0. The minimum atomic E-state index is 0.106. The van der Waals surface area contributed by atoms with Gasteiger partial charge in [-0.2, -0.15) is 0 Å². The molecule has 2 nitrogen and oxygen atoms in total. The van der Waals surface area contributed by atoms with Crippen molar-refractivity contribution in [2.24, 2.45) is 5.92 Å². The SMILES string of the molecule is CC(=O)C1=C/C=C2/OCCC2C/C=C\1. The second-order valence-corrected chi connectivity index (χ2v) is 3.72. The van der Waals surface area contributed by atoms with Gasteiger partial charge in [0.2, 0.25) is 0 Å². The topological polar surface area (TPSA) is 26.3 Å². The molecule has 2 aliphatic rings. The summed E-state index contributed by atoms with van der Waals surface area (Å²) in [6.45, 7) is 2.40. The van der Waals surface area contributed by atoms with Crippen LogP contribution in [0.2, 0.25) is 0 Å². The molecule has 0 spiro atoms. The zero-order chi connectivity index (χ0) is 9.97. The van der Waals surface area contributed by atoms with Gasteiger partial charge in [0.15, 0.2) is 5.78 Å². The van der Waals surface area contributed by atoms with E-state index in [1.165, 1.54) is 0 Å². The standard InChI is InChI=1S/C12H14O2/c1-9(13)10-3-2-4-11-7-8-14-12(11)6-5-10/h2-3,5-6,11H,4,7-8H2,1H3/b3-2-,10-5+,12-6+. The van der Waals surface area contributed by atoms with Crippen LogP contribution in [0.3, 0.4) is 0 Å². The summed E-state index contributed by atoms with van der Waals surface area (Å²) in [6.07, 6.45) is 9.85. The Bertz CT molecular complexity index is 334. The highest BCUT2D eigenvalue weighted by atomic mass is 16.5. The number of carbonyl (C=O) groups is 1. The Morgan fingerprint density at radius 1 is 1.50 bits per heavy atom. The summed E-state index contributed by atoms with van der Waals surface area (Å²) in [5.41, 5.74) is 0.756. The summed E-state index contributed by atoms with van der Waals surface area (Å²) >= 11 is 0. The molecule has 1 saturated heterocycles. The van der Waals surface area contributed by atoms with Crippen LogP contribution in [-0.4, -0.2) is 12.4 Å². The van der Waals surface area contributed by atoms with Crippen molar-refractivity contribution in [1.82, 2.24) is 0 Å². The number of hydrogen-bond acceptors (Lipinski definition) is 2. The van der Waals surface area contributed by atoms with Gasteiger partial charge in [-0.1, -0.05) is 12.2 Å². The lowest BCUT2D eigenvalue weighted by molar-refractivity contribution is -0.113. The van der Waals surface area contributed by atoms with Crippen molar-refractivity contribution in [3.8, 4) is 0 Å². The molecule has 2 rings (SSSR count). The molecule has 0 amide bonds. The first-order valence-corrected chi connectivity index (χ1v) is 4.99. The smallest absolute Gasteiger partial charge is 0.159 e. The lowest BCUT2D eigenvalue weighted by atomic mass is 9.97. The summed E-state index contributed by atoms with van der Waals surface area (Å²) in [4.78, 5) is 11.2. The number of Topliss-reactive ketones (excluding diaryl/α,β-unsaturated/α-hetero) is 1. The number of ether oxygens (including phenoxy) is 1. The maximum atomic E-state index is 11.2. The molecule has 0 N–H and O–H groups in total. The average Bonchev–Trinajstić information content (AvgIpc) is 2.51. The molecule has 1 atom stereocenters. The van der Waals surface area contributed by atoms with Crippen LogP contribution in [0, 0.1) is 5.92 Å². The summed E-state index contributed by atoms with van der Waals surface area (Å²) in [6, 6.07) is 0. The van der Waals surface area contributed by atoms with E-state index < -0.39 is 0 Å². The van der Waals surface area contributed by atoms with Gasteiger partial charge in [0.1, 0.15) is 0 Å². The molecule has 0 radical (unpaired) electrons. The van der Waals surface area contributed by atoms with Gasteiger partial charge >= 0.3 is 0 Å². The number of fused-ring (bicyclic) bond motifs is 1. The molecule has 74 valence electrons. The predicted molar refractivity (Wildman–Crippen MR) is 54.7 cm³/mol.